The number of carbonyl (C=O) groups is 1. The van der Waals surface area contributed by atoms with Gasteiger partial charge >= 0.3 is 0 Å². The summed E-state index contributed by atoms with van der Waals surface area (Å²) in [6.07, 6.45) is 2.88. The lowest BCUT2D eigenvalue weighted by atomic mass is 10.0. The van der Waals surface area contributed by atoms with Crippen LogP contribution in [0.3, 0.4) is 0 Å². The molecule has 1 aromatic rings. The number of hydrazone groups is 1. The Bertz CT molecular complexity index is 449. The van der Waals surface area contributed by atoms with Crippen LogP contribution < -0.4 is 10.2 Å². The van der Waals surface area contributed by atoms with Crippen molar-refractivity contribution in [1.29, 1.82) is 0 Å². The molecule has 0 fully saturated rings. The summed E-state index contributed by atoms with van der Waals surface area (Å²) >= 11 is 0. The van der Waals surface area contributed by atoms with E-state index >= 15 is 0 Å². The minimum atomic E-state index is -0.0281. The van der Waals surface area contributed by atoms with Gasteiger partial charge in [0.15, 0.2) is 0 Å². The molecule has 1 aliphatic rings. The normalized spacial score (nSPS) is 14.8. The van der Waals surface area contributed by atoms with Gasteiger partial charge in [0.25, 0.3) is 0 Å². The van der Waals surface area contributed by atoms with Crippen LogP contribution in [-0.2, 0) is 4.79 Å². The standard InChI is InChI=1S/C13H14N2O2/c1-2-9-17-11-5-3-10(4-6-11)12-7-8-13(16)15-14-12/h2-6H,1,7-9H2,(H,15,16). The SMILES string of the molecule is C=CCOc1ccc(C2=NNC(=O)CC2)cc1. The Morgan fingerprint density at radius 2 is 2.12 bits per heavy atom. The first-order valence-corrected chi connectivity index (χ1v) is 5.49. The highest BCUT2D eigenvalue weighted by Gasteiger charge is 2.12. The maximum Gasteiger partial charge on any atom is 0.240 e. The molecule has 88 valence electrons. The summed E-state index contributed by atoms with van der Waals surface area (Å²) in [7, 11) is 0. The van der Waals surface area contributed by atoms with Crippen molar-refractivity contribution in [3.8, 4) is 5.75 Å². The second kappa shape index (κ2) is 5.30. The highest BCUT2D eigenvalue weighted by atomic mass is 16.5. The van der Waals surface area contributed by atoms with E-state index in [1.807, 2.05) is 24.3 Å². The fourth-order valence-electron chi connectivity index (χ4n) is 1.58. The molecule has 4 nitrogen and oxygen atoms in total. The van der Waals surface area contributed by atoms with E-state index in [4.69, 9.17) is 4.74 Å². The Hall–Kier alpha value is -2.10. The summed E-state index contributed by atoms with van der Waals surface area (Å²) in [5, 5.41) is 4.03. The molecule has 1 amide bonds. The van der Waals surface area contributed by atoms with Crippen molar-refractivity contribution in [3.05, 3.63) is 42.5 Å². The third kappa shape index (κ3) is 2.93. The molecule has 2 rings (SSSR count). The number of nitrogens with one attached hydrogen (secondary N) is 1. The van der Waals surface area contributed by atoms with Gasteiger partial charge < -0.3 is 4.74 Å². The molecule has 1 N–H and O–H groups in total. The minimum absolute atomic E-state index is 0.0281. The van der Waals surface area contributed by atoms with E-state index in [1.165, 1.54) is 0 Å². The van der Waals surface area contributed by atoms with Crippen LogP contribution >= 0.6 is 0 Å². The van der Waals surface area contributed by atoms with Crippen LogP contribution in [0, 0.1) is 0 Å². The van der Waals surface area contributed by atoms with Crippen LogP contribution in [0.2, 0.25) is 0 Å². The van der Waals surface area contributed by atoms with E-state index in [0.29, 0.717) is 19.4 Å². The molecule has 0 spiro atoms. The molecule has 17 heavy (non-hydrogen) atoms. The van der Waals surface area contributed by atoms with Crippen molar-refractivity contribution < 1.29 is 9.53 Å². The number of nitrogens with zero attached hydrogens (tertiary/aromatic N) is 1. The molecule has 0 aliphatic carbocycles. The fourth-order valence-corrected chi connectivity index (χ4v) is 1.58. The van der Waals surface area contributed by atoms with Crippen LogP contribution in [0.5, 0.6) is 5.75 Å². The summed E-state index contributed by atoms with van der Waals surface area (Å²) in [6, 6.07) is 7.65. The molecule has 1 aliphatic heterocycles. The molecule has 0 unspecified atom stereocenters. The molecule has 0 saturated carbocycles. The maximum absolute atomic E-state index is 11.0. The lowest BCUT2D eigenvalue weighted by Gasteiger charge is -2.12. The predicted octanol–water partition coefficient (Wildman–Crippen LogP) is 1.87. The fraction of sp³-hybridized carbons (Fsp3) is 0.231. The van der Waals surface area contributed by atoms with Crippen LogP contribution in [0.4, 0.5) is 0 Å². The highest BCUT2D eigenvalue weighted by molar-refractivity contribution is 6.04. The molecule has 0 saturated heterocycles. The molecule has 1 heterocycles. The first-order valence-electron chi connectivity index (χ1n) is 5.49. The zero-order chi connectivity index (χ0) is 12.1. The Morgan fingerprint density at radius 3 is 2.71 bits per heavy atom. The van der Waals surface area contributed by atoms with Gasteiger partial charge in [0.1, 0.15) is 12.4 Å². The average molecular weight is 230 g/mol. The number of ether oxygens (including phenoxy) is 1. The molecule has 0 radical (unpaired) electrons. The number of hydrogen-bond acceptors (Lipinski definition) is 3. The number of hydrogen-bond donors (Lipinski definition) is 1. The zero-order valence-electron chi connectivity index (χ0n) is 9.48. The minimum Gasteiger partial charge on any atom is -0.490 e. The third-order valence-electron chi connectivity index (χ3n) is 2.46. The van der Waals surface area contributed by atoms with Gasteiger partial charge in [0, 0.05) is 12.8 Å². The van der Waals surface area contributed by atoms with Gasteiger partial charge in [-0.1, -0.05) is 12.7 Å². The van der Waals surface area contributed by atoms with E-state index in [-0.39, 0.29) is 5.91 Å². The number of amides is 1. The van der Waals surface area contributed by atoms with E-state index in [1.54, 1.807) is 6.08 Å². The molecule has 1 aromatic carbocycles. The first kappa shape index (κ1) is 11.4. The number of benzene rings is 1. The molecule has 0 atom stereocenters. The molecular formula is C13H14N2O2. The highest BCUT2D eigenvalue weighted by Crippen LogP contribution is 2.15. The van der Waals surface area contributed by atoms with Gasteiger partial charge in [0.05, 0.1) is 5.71 Å². The van der Waals surface area contributed by atoms with Gasteiger partial charge in [-0.05, 0) is 29.8 Å². The zero-order valence-corrected chi connectivity index (χ0v) is 9.48. The Labute approximate surface area is 100.0 Å². The summed E-state index contributed by atoms with van der Waals surface area (Å²) < 4.78 is 5.39. The average Bonchev–Trinajstić information content (AvgIpc) is 2.38. The lowest BCUT2D eigenvalue weighted by molar-refractivity contribution is -0.121. The molecule has 4 heteroatoms. The van der Waals surface area contributed by atoms with Crippen molar-refractivity contribution in [3.63, 3.8) is 0 Å². The van der Waals surface area contributed by atoms with Crippen molar-refractivity contribution in [2.45, 2.75) is 12.8 Å². The smallest absolute Gasteiger partial charge is 0.240 e. The van der Waals surface area contributed by atoms with Crippen LogP contribution in [-0.4, -0.2) is 18.2 Å². The summed E-state index contributed by atoms with van der Waals surface area (Å²) in [5.74, 6) is 0.772. The van der Waals surface area contributed by atoms with Crippen LogP contribution in [0.25, 0.3) is 0 Å². The van der Waals surface area contributed by atoms with E-state index < -0.39 is 0 Å². The van der Waals surface area contributed by atoms with Gasteiger partial charge in [-0.25, -0.2) is 5.43 Å². The number of carbonyl (C=O) groups excluding carboxylic acids is 1. The van der Waals surface area contributed by atoms with Crippen LogP contribution in [0.15, 0.2) is 42.0 Å². The second-order valence-corrected chi connectivity index (χ2v) is 3.72. The second-order valence-electron chi connectivity index (χ2n) is 3.72. The summed E-state index contributed by atoms with van der Waals surface area (Å²) in [5.41, 5.74) is 4.40. The van der Waals surface area contributed by atoms with Crippen molar-refractivity contribution in [1.82, 2.24) is 5.43 Å². The number of rotatable bonds is 4. The van der Waals surface area contributed by atoms with Crippen molar-refractivity contribution in [2.24, 2.45) is 5.10 Å². The topological polar surface area (TPSA) is 50.7 Å². The van der Waals surface area contributed by atoms with E-state index in [0.717, 1.165) is 17.0 Å². The van der Waals surface area contributed by atoms with Crippen LogP contribution in [0.1, 0.15) is 18.4 Å². The largest absolute Gasteiger partial charge is 0.490 e. The van der Waals surface area contributed by atoms with Gasteiger partial charge in [-0.3, -0.25) is 4.79 Å². The lowest BCUT2D eigenvalue weighted by Crippen LogP contribution is -2.25. The Morgan fingerprint density at radius 1 is 1.35 bits per heavy atom. The Kier molecular flexibility index (Phi) is 3.55. The molecular weight excluding hydrogens is 216 g/mol. The van der Waals surface area contributed by atoms with Crippen molar-refractivity contribution >= 4 is 11.6 Å². The van der Waals surface area contributed by atoms with Gasteiger partial charge in [-0.2, -0.15) is 5.10 Å². The third-order valence-corrected chi connectivity index (χ3v) is 2.46. The Balaban J connectivity index is 2.07. The molecule has 0 aromatic heterocycles. The van der Waals surface area contributed by atoms with Crippen molar-refractivity contribution in [2.75, 3.05) is 6.61 Å². The monoisotopic (exact) mass is 230 g/mol. The van der Waals surface area contributed by atoms with Gasteiger partial charge in [-0.15, -0.1) is 0 Å². The van der Waals surface area contributed by atoms with E-state index in [9.17, 15) is 4.79 Å². The molecule has 0 bridgehead atoms. The van der Waals surface area contributed by atoms with E-state index in [2.05, 4.69) is 17.1 Å². The first-order chi connectivity index (χ1) is 8.29. The predicted molar refractivity (Wildman–Crippen MR) is 66.0 cm³/mol. The van der Waals surface area contributed by atoms with Gasteiger partial charge in [0.2, 0.25) is 5.91 Å². The summed E-state index contributed by atoms with van der Waals surface area (Å²) in [6.45, 7) is 4.09. The maximum atomic E-state index is 11.0. The quantitative estimate of drug-likeness (QED) is 0.803. The summed E-state index contributed by atoms with van der Waals surface area (Å²) in [4.78, 5) is 11.0.